The van der Waals surface area contributed by atoms with Crippen molar-refractivity contribution in [1.82, 2.24) is 4.90 Å². The van der Waals surface area contributed by atoms with Gasteiger partial charge in [0.15, 0.2) is 0 Å². The molecule has 1 aromatic carbocycles. The van der Waals surface area contributed by atoms with Gasteiger partial charge in [0, 0.05) is 31.3 Å². The van der Waals surface area contributed by atoms with E-state index in [-0.39, 0.29) is 11.9 Å². The van der Waals surface area contributed by atoms with Crippen LogP contribution < -0.4 is 5.73 Å². The van der Waals surface area contributed by atoms with Gasteiger partial charge in [-0.3, -0.25) is 4.90 Å². The molecule has 1 aromatic rings. The molecule has 2 N–H and O–H groups in total. The fourth-order valence-electron chi connectivity index (χ4n) is 2.27. The number of benzene rings is 1. The lowest BCUT2D eigenvalue weighted by Gasteiger charge is -2.28. The van der Waals surface area contributed by atoms with Gasteiger partial charge >= 0.3 is 0 Å². The molecule has 19 heavy (non-hydrogen) atoms. The molecule has 1 rings (SSSR count). The van der Waals surface area contributed by atoms with Crippen LogP contribution in [0, 0.1) is 5.82 Å². The van der Waals surface area contributed by atoms with Crippen molar-refractivity contribution in [1.29, 1.82) is 0 Å². The first kappa shape index (κ1) is 16.1. The van der Waals surface area contributed by atoms with Crippen molar-refractivity contribution in [3.63, 3.8) is 0 Å². The highest BCUT2D eigenvalue weighted by Gasteiger charge is 2.15. The molecule has 0 aliphatic carbocycles. The number of ether oxygens (including phenoxy) is 1. The predicted octanol–water partition coefficient (Wildman–Crippen LogP) is 2.57. The third-order valence-electron chi connectivity index (χ3n) is 3.47. The van der Waals surface area contributed by atoms with Crippen LogP contribution in [0.1, 0.15) is 31.9 Å². The van der Waals surface area contributed by atoms with Crippen LogP contribution in [0.4, 0.5) is 4.39 Å². The number of hydrogen-bond donors (Lipinski definition) is 1. The smallest absolute Gasteiger partial charge is 0.127 e. The van der Waals surface area contributed by atoms with E-state index in [1.54, 1.807) is 19.2 Å². The number of rotatable bonds is 8. The molecule has 0 amide bonds. The highest BCUT2D eigenvalue weighted by Crippen LogP contribution is 2.18. The fraction of sp³-hybridized carbons (Fsp3) is 0.600. The van der Waals surface area contributed by atoms with Crippen molar-refractivity contribution in [3.8, 4) is 0 Å². The predicted molar refractivity (Wildman–Crippen MR) is 76.5 cm³/mol. The summed E-state index contributed by atoms with van der Waals surface area (Å²) in [5.41, 5.74) is 6.67. The molecule has 0 heterocycles. The van der Waals surface area contributed by atoms with E-state index < -0.39 is 0 Å². The monoisotopic (exact) mass is 268 g/mol. The number of likely N-dealkylation sites (N-methyl/N-ethyl adjacent to an activating group) is 1. The summed E-state index contributed by atoms with van der Waals surface area (Å²) in [5, 5.41) is 0. The van der Waals surface area contributed by atoms with Crippen LogP contribution in [0.3, 0.4) is 0 Å². The summed E-state index contributed by atoms with van der Waals surface area (Å²) < 4.78 is 18.8. The van der Waals surface area contributed by atoms with E-state index in [0.29, 0.717) is 18.2 Å². The van der Waals surface area contributed by atoms with Crippen LogP contribution in [-0.4, -0.2) is 37.7 Å². The third kappa shape index (κ3) is 4.90. The first-order valence-electron chi connectivity index (χ1n) is 6.83. The van der Waals surface area contributed by atoms with Gasteiger partial charge in [-0.2, -0.15) is 0 Å². The Morgan fingerprint density at radius 2 is 2.05 bits per heavy atom. The van der Waals surface area contributed by atoms with Crippen LogP contribution in [0.15, 0.2) is 24.3 Å². The molecule has 0 spiro atoms. The Morgan fingerprint density at radius 3 is 2.63 bits per heavy atom. The number of methoxy groups -OCH3 is 1. The van der Waals surface area contributed by atoms with E-state index in [1.807, 2.05) is 6.07 Å². The average molecular weight is 268 g/mol. The normalized spacial score (nSPS) is 14.6. The van der Waals surface area contributed by atoms with E-state index in [1.165, 1.54) is 6.07 Å². The molecule has 2 unspecified atom stereocenters. The molecule has 0 aliphatic heterocycles. The number of halogens is 1. The van der Waals surface area contributed by atoms with Crippen LogP contribution in [-0.2, 0) is 4.74 Å². The number of hydrogen-bond acceptors (Lipinski definition) is 3. The zero-order chi connectivity index (χ0) is 14.3. The SMILES string of the molecule is CCN(CCC(N)c1ccccc1F)C(C)COC. The Balaban J connectivity index is 2.53. The Labute approximate surface area is 115 Å². The summed E-state index contributed by atoms with van der Waals surface area (Å²) in [6, 6.07) is 6.82. The molecule has 0 aliphatic rings. The van der Waals surface area contributed by atoms with Gasteiger partial charge in [-0.05, 0) is 26.0 Å². The standard InChI is InChI=1S/C15H25FN2O/c1-4-18(12(2)11-19-3)10-9-15(17)13-7-5-6-8-14(13)16/h5-8,12,15H,4,9-11,17H2,1-3H3. The van der Waals surface area contributed by atoms with Gasteiger partial charge in [0.25, 0.3) is 0 Å². The molecule has 0 saturated carbocycles. The Hall–Kier alpha value is -0.970. The molecule has 0 fully saturated rings. The maximum atomic E-state index is 13.6. The molecule has 3 nitrogen and oxygen atoms in total. The van der Waals surface area contributed by atoms with Crippen molar-refractivity contribution in [3.05, 3.63) is 35.6 Å². The lowest BCUT2D eigenvalue weighted by Crippen LogP contribution is -2.37. The maximum Gasteiger partial charge on any atom is 0.127 e. The minimum atomic E-state index is -0.259. The van der Waals surface area contributed by atoms with Gasteiger partial charge in [0.1, 0.15) is 5.82 Å². The van der Waals surface area contributed by atoms with Crippen molar-refractivity contribution < 1.29 is 9.13 Å². The quantitative estimate of drug-likeness (QED) is 0.787. The molecular formula is C15H25FN2O. The minimum Gasteiger partial charge on any atom is -0.383 e. The summed E-state index contributed by atoms with van der Waals surface area (Å²) in [5.74, 6) is -0.219. The molecule has 2 atom stereocenters. The van der Waals surface area contributed by atoms with E-state index in [2.05, 4.69) is 18.7 Å². The second-order valence-corrected chi connectivity index (χ2v) is 4.85. The largest absolute Gasteiger partial charge is 0.383 e. The van der Waals surface area contributed by atoms with E-state index in [4.69, 9.17) is 10.5 Å². The molecular weight excluding hydrogens is 243 g/mol. The maximum absolute atomic E-state index is 13.6. The first-order valence-corrected chi connectivity index (χ1v) is 6.83. The summed E-state index contributed by atoms with van der Waals surface area (Å²) in [4.78, 5) is 2.30. The zero-order valence-electron chi connectivity index (χ0n) is 12.1. The molecule has 4 heteroatoms. The van der Waals surface area contributed by atoms with Crippen LogP contribution >= 0.6 is 0 Å². The lowest BCUT2D eigenvalue weighted by molar-refractivity contribution is 0.100. The molecule has 0 aromatic heterocycles. The summed E-state index contributed by atoms with van der Waals surface area (Å²) >= 11 is 0. The minimum absolute atomic E-state index is 0.219. The van der Waals surface area contributed by atoms with Gasteiger partial charge in [-0.1, -0.05) is 25.1 Å². The molecule has 108 valence electrons. The van der Waals surface area contributed by atoms with Gasteiger partial charge in [-0.25, -0.2) is 4.39 Å². The highest BCUT2D eigenvalue weighted by atomic mass is 19.1. The van der Waals surface area contributed by atoms with Gasteiger partial charge in [-0.15, -0.1) is 0 Å². The van der Waals surface area contributed by atoms with Crippen molar-refractivity contribution >= 4 is 0 Å². The van der Waals surface area contributed by atoms with E-state index in [0.717, 1.165) is 19.5 Å². The summed E-state index contributed by atoms with van der Waals surface area (Å²) in [6.07, 6.45) is 0.739. The van der Waals surface area contributed by atoms with Crippen LogP contribution in [0.5, 0.6) is 0 Å². The second kappa shape index (κ2) is 8.25. The third-order valence-corrected chi connectivity index (χ3v) is 3.47. The van der Waals surface area contributed by atoms with Gasteiger partial charge < -0.3 is 10.5 Å². The molecule has 0 saturated heterocycles. The highest BCUT2D eigenvalue weighted by molar-refractivity contribution is 5.20. The van der Waals surface area contributed by atoms with Gasteiger partial charge in [0.2, 0.25) is 0 Å². The Morgan fingerprint density at radius 1 is 1.37 bits per heavy atom. The van der Waals surface area contributed by atoms with E-state index >= 15 is 0 Å². The molecule has 0 bridgehead atoms. The van der Waals surface area contributed by atoms with Crippen LogP contribution in [0.2, 0.25) is 0 Å². The zero-order valence-corrected chi connectivity index (χ0v) is 12.1. The van der Waals surface area contributed by atoms with Gasteiger partial charge in [0.05, 0.1) is 6.61 Å². The summed E-state index contributed by atoms with van der Waals surface area (Å²) in [6.45, 7) is 6.72. The Bertz CT molecular complexity index is 373. The van der Waals surface area contributed by atoms with Crippen molar-refractivity contribution in [2.75, 3.05) is 26.8 Å². The Kier molecular flexibility index (Phi) is 6.99. The summed E-state index contributed by atoms with van der Waals surface area (Å²) in [7, 11) is 1.70. The topological polar surface area (TPSA) is 38.5 Å². The second-order valence-electron chi connectivity index (χ2n) is 4.85. The van der Waals surface area contributed by atoms with Crippen molar-refractivity contribution in [2.45, 2.75) is 32.4 Å². The number of nitrogens with zero attached hydrogens (tertiary/aromatic N) is 1. The fourth-order valence-corrected chi connectivity index (χ4v) is 2.27. The first-order chi connectivity index (χ1) is 9.10. The average Bonchev–Trinajstić information content (AvgIpc) is 2.40. The van der Waals surface area contributed by atoms with E-state index in [9.17, 15) is 4.39 Å². The van der Waals surface area contributed by atoms with Crippen LogP contribution in [0.25, 0.3) is 0 Å². The lowest BCUT2D eigenvalue weighted by atomic mass is 10.0. The number of nitrogens with two attached hydrogens (primary N) is 1. The molecule has 0 radical (unpaired) electrons. The van der Waals surface area contributed by atoms with Crippen molar-refractivity contribution in [2.24, 2.45) is 5.73 Å².